The highest BCUT2D eigenvalue weighted by molar-refractivity contribution is 6.31. The van der Waals surface area contributed by atoms with Crippen LogP contribution in [0.25, 0.3) is 11.3 Å². The first-order valence-corrected chi connectivity index (χ1v) is 5.49. The molecule has 0 saturated carbocycles. The molecule has 2 heterocycles. The van der Waals surface area contributed by atoms with Gasteiger partial charge in [-0.05, 0) is 19.9 Å². The van der Waals surface area contributed by atoms with Crippen molar-refractivity contribution in [2.24, 2.45) is 0 Å². The standard InChI is InChI=1S/C12H12ClN3O/c1-7-8(2)16-12(13)11(15-7)9-4-10(17-3)6-14-5-9/h4-6H,1-3H3. The van der Waals surface area contributed by atoms with Crippen LogP contribution < -0.4 is 4.74 Å². The number of aromatic nitrogens is 3. The fourth-order valence-electron chi connectivity index (χ4n) is 1.42. The molecule has 0 radical (unpaired) electrons. The Morgan fingerprint density at radius 2 is 1.82 bits per heavy atom. The van der Waals surface area contributed by atoms with E-state index >= 15 is 0 Å². The van der Waals surface area contributed by atoms with Gasteiger partial charge in [-0.2, -0.15) is 0 Å². The van der Waals surface area contributed by atoms with Gasteiger partial charge in [-0.1, -0.05) is 11.6 Å². The molecule has 2 aromatic heterocycles. The molecule has 0 N–H and O–H groups in total. The number of hydrogen-bond acceptors (Lipinski definition) is 4. The van der Waals surface area contributed by atoms with Crippen molar-refractivity contribution in [3.05, 3.63) is 35.0 Å². The molecule has 0 fully saturated rings. The molecule has 0 amide bonds. The topological polar surface area (TPSA) is 47.9 Å². The molecule has 0 aliphatic rings. The van der Waals surface area contributed by atoms with Crippen molar-refractivity contribution in [3.63, 3.8) is 0 Å². The summed E-state index contributed by atoms with van der Waals surface area (Å²) >= 11 is 6.09. The highest BCUT2D eigenvalue weighted by Gasteiger charge is 2.10. The maximum Gasteiger partial charge on any atom is 0.155 e. The molecule has 0 saturated heterocycles. The molecule has 0 spiro atoms. The quantitative estimate of drug-likeness (QED) is 0.821. The minimum atomic E-state index is 0.378. The van der Waals surface area contributed by atoms with E-state index in [1.165, 1.54) is 0 Å². The largest absolute Gasteiger partial charge is 0.495 e. The second-order valence-corrected chi connectivity index (χ2v) is 4.01. The first kappa shape index (κ1) is 11.8. The highest BCUT2D eigenvalue weighted by atomic mass is 35.5. The van der Waals surface area contributed by atoms with E-state index in [9.17, 15) is 0 Å². The number of aryl methyl sites for hydroxylation is 2. The van der Waals surface area contributed by atoms with Gasteiger partial charge in [0.25, 0.3) is 0 Å². The Bertz CT molecular complexity index is 557. The number of halogens is 1. The number of pyridine rings is 1. The summed E-state index contributed by atoms with van der Waals surface area (Å²) in [6.07, 6.45) is 3.32. The second kappa shape index (κ2) is 4.67. The smallest absolute Gasteiger partial charge is 0.155 e. The van der Waals surface area contributed by atoms with E-state index < -0.39 is 0 Å². The van der Waals surface area contributed by atoms with Crippen LogP contribution in [-0.4, -0.2) is 22.1 Å². The molecule has 2 aromatic rings. The lowest BCUT2D eigenvalue weighted by Gasteiger charge is -2.07. The van der Waals surface area contributed by atoms with Crippen LogP contribution in [0.1, 0.15) is 11.4 Å². The fraction of sp³-hybridized carbons (Fsp3) is 0.250. The van der Waals surface area contributed by atoms with Crippen molar-refractivity contribution in [2.75, 3.05) is 7.11 Å². The number of ether oxygens (including phenoxy) is 1. The summed E-state index contributed by atoms with van der Waals surface area (Å²) in [6, 6.07) is 1.83. The monoisotopic (exact) mass is 249 g/mol. The maximum atomic E-state index is 6.09. The Hall–Kier alpha value is -1.68. The summed E-state index contributed by atoms with van der Waals surface area (Å²) in [6.45, 7) is 3.78. The minimum absolute atomic E-state index is 0.378. The van der Waals surface area contributed by atoms with E-state index in [-0.39, 0.29) is 0 Å². The lowest BCUT2D eigenvalue weighted by molar-refractivity contribution is 0.413. The van der Waals surface area contributed by atoms with Crippen molar-refractivity contribution in [3.8, 4) is 17.0 Å². The zero-order chi connectivity index (χ0) is 12.4. The Balaban J connectivity index is 2.56. The van der Waals surface area contributed by atoms with Crippen LogP contribution in [-0.2, 0) is 0 Å². The number of methoxy groups -OCH3 is 1. The molecule has 0 unspecified atom stereocenters. The van der Waals surface area contributed by atoms with E-state index in [1.807, 2.05) is 19.9 Å². The highest BCUT2D eigenvalue weighted by Crippen LogP contribution is 2.26. The van der Waals surface area contributed by atoms with Gasteiger partial charge in [-0.25, -0.2) is 9.97 Å². The van der Waals surface area contributed by atoms with Gasteiger partial charge >= 0.3 is 0 Å². The third-order valence-corrected chi connectivity index (χ3v) is 2.75. The molecule has 5 heteroatoms. The predicted molar refractivity (Wildman–Crippen MR) is 66.3 cm³/mol. The van der Waals surface area contributed by atoms with Gasteiger partial charge < -0.3 is 4.74 Å². The van der Waals surface area contributed by atoms with Crippen LogP contribution in [0.3, 0.4) is 0 Å². The van der Waals surface area contributed by atoms with E-state index in [0.29, 0.717) is 16.6 Å². The number of nitrogens with zero attached hydrogens (tertiary/aromatic N) is 3. The SMILES string of the molecule is COc1cncc(-c2nc(C)c(C)nc2Cl)c1. The van der Waals surface area contributed by atoms with Gasteiger partial charge in [-0.15, -0.1) is 0 Å². The second-order valence-electron chi connectivity index (χ2n) is 3.65. The molecule has 2 rings (SSSR count). The Labute approximate surface area is 105 Å². The molecule has 0 aromatic carbocycles. The van der Waals surface area contributed by atoms with E-state index in [1.54, 1.807) is 19.5 Å². The summed E-state index contributed by atoms with van der Waals surface area (Å²) < 4.78 is 5.12. The molecule has 4 nitrogen and oxygen atoms in total. The van der Waals surface area contributed by atoms with Gasteiger partial charge in [-0.3, -0.25) is 4.98 Å². The Morgan fingerprint density at radius 1 is 1.12 bits per heavy atom. The van der Waals surface area contributed by atoms with Crippen molar-refractivity contribution < 1.29 is 4.74 Å². The van der Waals surface area contributed by atoms with Crippen LogP contribution in [0, 0.1) is 13.8 Å². The molecule has 0 bridgehead atoms. The van der Waals surface area contributed by atoms with Gasteiger partial charge in [0.05, 0.1) is 24.7 Å². The van der Waals surface area contributed by atoms with E-state index in [4.69, 9.17) is 16.3 Å². The average Bonchev–Trinajstić information content (AvgIpc) is 2.34. The van der Waals surface area contributed by atoms with Crippen molar-refractivity contribution >= 4 is 11.6 Å². The van der Waals surface area contributed by atoms with Crippen molar-refractivity contribution in [1.29, 1.82) is 0 Å². The van der Waals surface area contributed by atoms with Crippen LogP contribution in [0.4, 0.5) is 0 Å². The fourth-order valence-corrected chi connectivity index (χ4v) is 1.70. The average molecular weight is 250 g/mol. The first-order valence-electron chi connectivity index (χ1n) is 5.12. The molecular formula is C12H12ClN3O. The third-order valence-electron chi connectivity index (χ3n) is 2.49. The van der Waals surface area contributed by atoms with Crippen LogP contribution in [0.5, 0.6) is 5.75 Å². The van der Waals surface area contributed by atoms with Crippen LogP contribution in [0.2, 0.25) is 5.15 Å². The number of rotatable bonds is 2. The van der Waals surface area contributed by atoms with Crippen molar-refractivity contribution in [1.82, 2.24) is 15.0 Å². The van der Waals surface area contributed by atoms with Gasteiger partial charge in [0.1, 0.15) is 11.4 Å². The predicted octanol–water partition coefficient (Wildman–Crippen LogP) is 2.82. The number of hydrogen-bond donors (Lipinski definition) is 0. The third kappa shape index (κ3) is 2.36. The molecular weight excluding hydrogens is 238 g/mol. The molecule has 0 aliphatic carbocycles. The van der Waals surface area contributed by atoms with Gasteiger partial charge in [0.15, 0.2) is 5.15 Å². The minimum Gasteiger partial charge on any atom is -0.495 e. The summed E-state index contributed by atoms with van der Waals surface area (Å²) in [5, 5.41) is 0.378. The van der Waals surface area contributed by atoms with Crippen molar-refractivity contribution in [2.45, 2.75) is 13.8 Å². The zero-order valence-corrected chi connectivity index (χ0v) is 10.6. The Kier molecular flexibility index (Phi) is 3.24. The zero-order valence-electron chi connectivity index (χ0n) is 9.86. The van der Waals surface area contributed by atoms with E-state index in [0.717, 1.165) is 17.0 Å². The molecule has 17 heavy (non-hydrogen) atoms. The summed E-state index contributed by atoms with van der Waals surface area (Å²) in [7, 11) is 1.59. The van der Waals surface area contributed by atoms with Gasteiger partial charge in [0, 0.05) is 11.8 Å². The molecule has 88 valence electrons. The normalized spacial score (nSPS) is 10.4. The van der Waals surface area contributed by atoms with Gasteiger partial charge in [0.2, 0.25) is 0 Å². The van der Waals surface area contributed by atoms with Crippen LogP contribution >= 0.6 is 11.6 Å². The summed E-state index contributed by atoms with van der Waals surface area (Å²) in [4.78, 5) is 12.7. The van der Waals surface area contributed by atoms with Crippen LogP contribution in [0.15, 0.2) is 18.5 Å². The Morgan fingerprint density at radius 3 is 2.53 bits per heavy atom. The summed E-state index contributed by atoms with van der Waals surface area (Å²) in [5.74, 6) is 0.665. The maximum absolute atomic E-state index is 6.09. The molecule has 0 aliphatic heterocycles. The lowest BCUT2D eigenvalue weighted by Crippen LogP contribution is -1.97. The summed E-state index contributed by atoms with van der Waals surface area (Å²) in [5.41, 5.74) is 3.10. The first-order chi connectivity index (χ1) is 8.11. The van der Waals surface area contributed by atoms with E-state index in [2.05, 4.69) is 15.0 Å². The molecule has 0 atom stereocenters. The lowest BCUT2D eigenvalue weighted by atomic mass is 10.2.